The Morgan fingerprint density at radius 2 is 1.35 bits per heavy atom. The van der Waals surface area contributed by atoms with E-state index in [1.165, 1.54) is 16.5 Å². The average Bonchev–Trinajstić information content (AvgIpc) is 3.35. The number of nitrogens with zero attached hydrogens (tertiary/aromatic N) is 2. The Labute approximate surface area is 199 Å². The van der Waals surface area contributed by atoms with Crippen molar-refractivity contribution in [2.45, 2.75) is 19.0 Å². The van der Waals surface area contributed by atoms with E-state index in [0.717, 1.165) is 27.9 Å². The lowest BCUT2D eigenvalue weighted by atomic mass is 9.92. The van der Waals surface area contributed by atoms with E-state index in [1.54, 1.807) is 0 Å². The van der Waals surface area contributed by atoms with Crippen molar-refractivity contribution in [3.63, 3.8) is 0 Å². The summed E-state index contributed by atoms with van der Waals surface area (Å²) < 4.78 is 2.27. The summed E-state index contributed by atoms with van der Waals surface area (Å²) in [4.78, 5) is 16.0. The standard InChI is InChI=1S/C31H26N2O/c1-21(22-13-5-3-6-14-22)33-30(24-17-9-10-18-25(24)31(33)34)28-26-19-11-12-20-27(26)32(2)29(28)23-15-7-4-8-16-23/h3-21,30H,1-2H3/t21-,30-/m0/s1. The predicted octanol–water partition coefficient (Wildman–Crippen LogP) is 7.15. The fraction of sp³-hybridized carbons (Fsp3) is 0.129. The molecule has 0 radical (unpaired) electrons. The first kappa shape index (κ1) is 20.5. The molecule has 1 aromatic heterocycles. The molecule has 34 heavy (non-hydrogen) atoms. The van der Waals surface area contributed by atoms with Gasteiger partial charge >= 0.3 is 0 Å². The number of carbonyl (C=O) groups excluding carboxylic acids is 1. The van der Waals surface area contributed by atoms with E-state index < -0.39 is 0 Å². The van der Waals surface area contributed by atoms with Gasteiger partial charge in [0.05, 0.1) is 17.8 Å². The number of benzene rings is 4. The van der Waals surface area contributed by atoms with Gasteiger partial charge in [0.25, 0.3) is 5.91 Å². The quantitative estimate of drug-likeness (QED) is 0.290. The van der Waals surface area contributed by atoms with Crippen LogP contribution in [0.2, 0.25) is 0 Å². The van der Waals surface area contributed by atoms with Gasteiger partial charge in [-0.25, -0.2) is 0 Å². The third kappa shape index (κ3) is 3.01. The number of fused-ring (bicyclic) bond motifs is 2. The molecule has 0 saturated carbocycles. The van der Waals surface area contributed by atoms with E-state index in [1.807, 2.05) is 42.5 Å². The summed E-state index contributed by atoms with van der Waals surface area (Å²) in [6, 6.07) is 37.2. The normalized spacial score (nSPS) is 16.1. The molecule has 0 saturated heterocycles. The van der Waals surface area contributed by atoms with Gasteiger partial charge in [-0.15, -0.1) is 0 Å². The lowest BCUT2D eigenvalue weighted by Crippen LogP contribution is -2.31. The summed E-state index contributed by atoms with van der Waals surface area (Å²) >= 11 is 0. The minimum atomic E-state index is -0.180. The number of hydrogen-bond acceptors (Lipinski definition) is 1. The van der Waals surface area contributed by atoms with Crippen LogP contribution in [0.25, 0.3) is 22.2 Å². The minimum absolute atomic E-state index is 0.0753. The van der Waals surface area contributed by atoms with Crippen molar-refractivity contribution in [2.75, 3.05) is 0 Å². The van der Waals surface area contributed by atoms with Gasteiger partial charge in [-0.3, -0.25) is 4.79 Å². The molecular formula is C31H26N2O. The van der Waals surface area contributed by atoms with Crippen LogP contribution < -0.4 is 0 Å². The van der Waals surface area contributed by atoms with Gasteiger partial charge in [0.15, 0.2) is 0 Å². The van der Waals surface area contributed by atoms with Crippen LogP contribution in [0.3, 0.4) is 0 Å². The van der Waals surface area contributed by atoms with Crippen LogP contribution in [-0.2, 0) is 7.05 Å². The highest BCUT2D eigenvalue weighted by Crippen LogP contribution is 2.49. The Morgan fingerprint density at radius 1 is 0.735 bits per heavy atom. The second-order valence-electron chi connectivity index (χ2n) is 8.99. The Balaban J connectivity index is 1.66. The van der Waals surface area contributed by atoms with Crippen molar-refractivity contribution in [2.24, 2.45) is 7.05 Å². The lowest BCUT2D eigenvalue weighted by Gasteiger charge is -2.32. The van der Waals surface area contributed by atoms with Crippen LogP contribution in [0.5, 0.6) is 0 Å². The van der Waals surface area contributed by atoms with Gasteiger partial charge < -0.3 is 9.47 Å². The number of amides is 1. The van der Waals surface area contributed by atoms with Gasteiger partial charge in [0.2, 0.25) is 0 Å². The van der Waals surface area contributed by atoms with Gasteiger partial charge in [0.1, 0.15) is 0 Å². The zero-order valence-electron chi connectivity index (χ0n) is 19.3. The molecule has 1 amide bonds. The number of rotatable bonds is 4. The monoisotopic (exact) mass is 442 g/mol. The molecule has 3 heteroatoms. The van der Waals surface area contributed by atoms with E-state index in [9.17, 15) is 4.79 Å². The second-order valence-corrected chi connectivity index (χ2v) is 8.99. The first-order chi connectivity index (χ1) is 16.7. The maximum Gasteiger partial charge on any atom is 0.255 e. The highest BCUT2D eigenvalue weighted by molar-refractivity contribution is 6.02. The summed E-state index contributed by atoms with van der Waals surface area (Å²) in [5.74, 6) is 0.0869. The fourth-order valence-corrected chi connectivity index (χ4v) is 5.57. The molecule has 166 valence electrons. The molecule has 0 bridgehead atoms. The molecular weight excluding hydrogens is 416 g/mol. The molecule has 0 spiro atoms. The molecule has 6 rings (SSSR count). The van der Waals surface area contributed by atoms with Crippen molar-refractivity contribution in [1.29, 1.82) is 0 Å². The highest BCUT2D eigenvalue weighted by Gasteiger charge is 2.43. The Kier molecular flexibility index (Phi) is 4.84. The second kappa shape index (κ2) is 8.03. The molecule has 5 aromatic rings. The molecule has 1 aliphatic heterocycles. The first-order valence-electron chi connectivity index (χ1n) is 11.8. The van der Waals surface area contributed by atoms with E-state index in [0.29, 0.717) is 0 Å². The maximum absolute atomic E-state index is 13.9. The summed E-state index contributed by atoms with van der Waals surface area (Å²) in [5, 5.41) is 1.18. The van der Waals surface area contributed by atoms with Gasteiger partial charge in [-0.1, -0.05) is 97.1 Å². The molecule has 1 aliphatic rings. The molecule has 0 N–H and O–H groups in total. The molecule has 2 heterocycles. The predicted molar refractivity (Wildman–Crippen MR) is 138 cm³/mol. The third-order valence-electron chi connectivity index (χ3n) is 7.16. The largest absolute Gasteiger partial charge is 0.343 e. The highest BCUT2D eigenvalue weighted by atomic mass is 16.2. The molecule has 2 atom stereocenters. The van der Waals surface area contributed by atoms with Gasteiger partial charge in [0, 0.05) is 29.1 Å². The van der Waals surface area contributed by atoms with Crippen molar-refractivity contribution in [3.05, 3.63) is 131 Å². The molecule has 0 unspecified atom stereocenters. The Bertz CT molecular complexity index is 1500. The van der Waals surface area contributed by atoms with Crippen LogP contribution >= 0.6 is 0 Å². The fourth-order valence-electron chi connectivity index (χ4n) is 5.57. The maximum atomic E-state index is 13.9. The van der Waals surface area contributed by atoms with Crippen molar-refractivity contribution < 1.29 is 4.79 Å². The summed E-state index contributed by atoms with van der Waals surface area (Å²) in [7, 11) is 2.13. The minimum Gasteiger partial charge on any atom is -0.343 e. The zero-order valence-corrected chi connectivity index (χ0v) is 19.3. The topological polar surface area (TPSA) is 25.2 Å². The van der Waals surface area contributed by atoms with E-state index in [-0.39, 0.29) is 18.0 Å². The van der Waals surface area contributed by atoms with Crippen LogP contribution in [-0.4, -0.2) is 15.4 Å². The SMILES string of the molecule is C[C@@H](c1ccccc1)N1C(=O)c2ccccc2[C@H]1c1c(-c2ccccc2)n(C)c2ccccc12. The van der Waals surface area contributed by atoms with E-state index in [4.69, 9.17) is 0 Å². The van der Waals surface area contributed by atoms with Crippen LogP contribution in [0.4, 0.5) is 0 Å². The Morgan fingerprint density at radius 3 is 2.12 bits per heavy atom. The van der Waals surface area contributed by atoms with Crippen molar-refractivity contribution in [1.82, 2.24) is 9.47 Å². The van der Waals surface area contributed by atoms with E-state index >= 15 is 0 Å². The van der Waals surface area contributed by atoms with Crippen LogP contribution in [0, 0.1) is 0 Å². The van der Waals surface area contributed by atoms with Crippen LogP contribution in [0.15, 0.2) is 109 Å². The summed E-state index contributed by atoms with van der Waals surface area (Å²) in [6.07, 6.45) is 0. The zero-order chi connectivity index (χ0) is 23.2. The van der Waals surface area contributed by atoms with E-state index in [2.05, 4.69) is 90.2 Å². The summed E-state index contributed by atoms with van der Waals surface area (Å²) in [5.41, 5.74) is 7.66. The first-order valence-corrected chi connectivity index (χ1v) is 11.8. The number of aromatic nitrogens is 1. The molecule has 3 nitrogen and oxygen atoms in total. The van der Waals surface area contributed by atoms with Gasteiger partial charge in [-0.2, -0.15) is 0 Å². The Hall–Kier alpha value is -4.11. The third-order valence-corrected chi connectivity index (χ3v) is 7.16. The summed E-state index contributed by atoms with van der Waals surface area (Å²) in [6.45, 7) is 2.14. The smallest absolute Gasteiger partial charge is 0.255 e. The number of aryl methyl sites for hydroxylation is 1. The van der Waals surface area contributed by atoms with Crippen LogP contribution in [0.1, 0.15) is 46.1 Å². The number of carbonyl (C=O) groups is 1. The van der Waals surface area contributed by atoms with Crippen molar-refractivity contribution in [3.8, 4) is 11.3 Å². The molecule has 0 aliphatic carbocycles. The number of hydrogen-bond donors (Lipinski definition) is 0. The van der Waals surface area contributed by atoms with Gasteiger partial charge in [-0.05, 0) is 35.7 Å². The average molecular weight is 443 g/mol. The molecule has 4 aromatic carbocycles. The van der Waals surface area contributed by atoms with Crippen molar-refractivity contribution >= 4 is 16.8 Å². The lowest BCUT2D eigenvalue weighted by molar-refractivity contribution is 0.0678. The molecule has 0 fully saturated rings. The number of para-hydroxylation sites is 1.